The highest BCUT2D eigenvalue weighted by atomic mass is 32.2. The summed E-state index contributed by atoms with van der Waals surface area (Å²) in [5, 5.41) is 10.3. The average Bonchev–Trinajstić information content (AvgIpc) is 3.04. The smallest absolute Gasteiger partial charge is 0.236 e. The Bertz CT molecular complexity index is 682. The Morgan fingerprint density at radius 3 is 2.95 bits per heavy atom. The molecule has 2 heterocycles. The van der Waals surface area contributed by atoms with Gasteiger partial charge in [-0.25, -0.2) is 13.4 Å². The predicted octanol–water partition coefficient (Wildman–Crippen LogP) is 3.01. The van der Waals surface area contributed by atoms with E-state index in [2.05, 4.69) is 4.98 Å². The van der Waals surface area contributed by atoms with E-state index in [9.17, 15) is 8.42 Å². The van der Waals surface area contributed by atoms with Gasteiger partial charge in [0.2, 0.25) is 5.89 Å². The molecule has 0 unspecified atom stereocenters. The molecular weight excluding hydrogens is 296 g/mol. The summed E-state index contributed by atoms with van der Waals surface area (Å²) in [5.41, 5.74) is 0.425. The largest absolute Gasteiger partial charge is 0.444 e. The number of unbranched alkanes of at least 4 members (excludes halogenated alkanes) is 2. The third-order valence-electron chi connectivity index (χ3n) is 2.65. The summed E-state index contributed by atoms with van der Waals surface area (Å²) in [7, 11) is -3.20. The zero-order chi connectivity index (χ0) is 14.4. The molecule has 0 spiro atoms. The Morgan fingerprint density at radius 1 is 1.40 bits per heavy atom. The van der Waals surface area contributed by atoms with Crippen LogP contribution in [0.25, 0.3) is 10.8 Å². The van der Waals surface area contributed by atoms with Crippen LogP contribution < -0.4 is 0 Å². The van der Waals surface area contributed by atoms with Crippen LogP contribution in [0.5, 0.6) is 0 Å². The first-order chi connectivity index (χ1) is 9.61. The first-order valence-electron chi connectivity index (χ1n) is 6.16. The van der Waals surface area contributed by atoms with Gasteiger partial charge in [-0.3, -0.25) is 0 Å². The molecule has 0 saturated heterocycles. The molecule has 0 fully saturated rings. The average molecular weight is 310 g/mol. The van der Waals surface area contributed by atoms with Crippen molar-refractivity contribution >= 4 is 21.2 Å². The molecule has 0 amide bonds. The summed E-state index contributed by atoms with van der Waals surface area (Å²) in [4.78, 5) is 5.07. The van der Waals surface area contributed by atoms with Gasteiger partial charge in [0.25, 0.3) is 0 Å². The molecular formula is C13H14N2O3S2. The maximum Gasteiger partial charge on any atom is 0.236 e. The number of sulfone groups is 1. The van der Waals surface area contributed by atoms with Crippen molar-refractivity contribution in [3.63, 3.8) is 0 Å². The second-order valence-corrected chi connectivity index (χ2v) is 7.46. The zero-order valence-corrected chi connectivity index (χ0v) is 12.4. The number of rotatable bonds is 7. The molecule has 2 aromatic heterocycles. The minimum absolute atomic E-state index is 0.0792. The third kappa shape index (κ3) is 4.18. The van der Waals surface area contributed by atoms with Crippen LogP contribution in [0.1, 0.15) is 25.0 Å². The second kappa shape index (κ2) is 6.68. The molecule has 106 valence electrons. The number of nitrogens with zero attached hydrogens (tertiary/aromatic N) is 2. The number of oxazole rings is 1. The van der Waals surface area contributed by atoms with Gasteiger partial charge in [0.15, 0.2) is 9.84 Å². The van der Waals surface area contributed by atoms with E-state index in [1.807, 2.05) is 23.6 Å². The highest BCUT2D eigenvalue weighted by Crippen LogP contribution is 2.24. The summed E-state index contributed by atoms with van der Waals surface area (Å²) in [5.74, 6) is 0.416. The lowest BCUT2D eigenvalue weighted by molar-refractivity contribution is 0.573. The molecule has 7 heteroatoms. The van der Waals surface area contributed by atoms with Crippen molar-refractivity contribution in [2.75, 3.05) is 5.75 Å². The predicted molar refractivity (Wildman–Crippen MR) is 76.8 cm³/mol. The van der Waals surface area contributed by atoms with Gasteiger partial charge in [-0.05, 0) is 24.3 Å². The second-order valence-electron chi connectivity index (χ2n) is 4.33. The molecule has 20 heavy (non-hydrogen) atoms. The number of aromatic nitrogens is 1. The van der Waals surface area contributed by atoms with Crippen molar-refractivity contribution < 1.29 is 12.8 Å². The van der Waals surface area contributed by atoms with E-state index < -0.39 is 9.84 Å². The number of hydrogen-bond donors (Lipinski definition) is 0. The van der Waals surface area contributed by atoms with Crippen LogP contribution in [0.15, 0.2) is 28.2 Å². The van der Waals surface area contributed by atoms with E-state index in [0.717, 1.165) is 4.88 Å². The molecule has 0 atom stereocenters. The quantitative estimate of drug-likeness (QED) is 0.734. The molecule has 0 aliphatic rings. The zero-order valence-electron chi connectivity index (χ0n) is 10.8. The molecule has 0 N–H and O–H groups in total. The summed E-state index contributed by atoms with van der Waals surface area (Å²) in [6.07, 6.45) is 2.89. The fraction of sp³-hybridized carbons (Fsp3) is 0.385. The third-order valence-corrected chi connectivity index (χ3v) is 5.15. The van der Waals surface area contributed by atoms with Gasteiger partial charge in [-0.2, -0.15) is 5.26 Å². The summed E-state index contributed by atoms with van der Waals surface area (Å²) >= 11 is 1.49. The van der Waals surface area contributed by atoms with Crippen LogP contribution in [0.3, 0.4) is 0 Å². The van der Waals surface area contributed by atoms with Gasteiger partial charge in [-0.1, -0.05) is 6.07 Å². The first-order valence-corrected chi connectivity index (χ1v) is 8.86. The molecule has 2 rings (SSSR count). The van der Waals surface area contributed by atoms with Crippen LogP contribution in [0.2, 0.25) is 0 Å². The van der Waals surface area contributed by atoms with Crippen molar-refractivity contribution in [1.82, 2.24) is 4.98 Å². The molecule has 5 nitrogen and oxygen atoms in total. The van der Waals surface area contributed by atoms with Gasteiger partial charge >= 0.3 is 0 Å². The Labute approximate surface area is 121 Å². The Hall–Kier alpha value is -1.65. The summed E-state index contributed by atoms with van der Waals surface area (Å²) < 4.78 is 29.1. The van der Waals surface area contributed by atoms with Crippen molar-refractivity contribution in [2.45, 2.75) is 25.0 Å². The normalized spacial score (nSPS) is 11.3. The van der Waals surface area contributed by atoms with E-state index in [4.69, 9.17) is 9.68 Å². The standard InChI is InChI=1S/C13H14N2O3S2/c14-6-2-1-3-8-20(16,17)10-11-9-18-13(15-11)12-5-4-7-19-12/h4-5,7,9H,1-3,8,10H2. The Balaban J connectivity index is 1.94. The van der Waals surface area contributed by atoms with Gasteiger partial charge < -0.3 is 4.42 Å². The Morgan fingerprint density at radius 2 is 2.25 bits per heavy atom. The van der Waals surface area contributed by atoms with Gasteiger partial charge in [-0.15, -0.1) is 11.3 Å². The SMILES string of the molecule is N#CCCCCS(=O)(=O)Cc1coc(-c2cccs2)n1. The Kier molecular flexibility index (Phi) is 4.93. The fourth-order valence-electron chi connectivity index (χ4n) is 1.71. The van der Waals surface area contributed by atoms with Crippen LogP contribution in [-0.4, -0.2) is 19.2 Å². The van der Waals surface area contributed by atoms with Crippen LogP contribution in [0, 0.1) is 11.3 Å². The lowest BCUT2D eigenvalue weighted by Crippen LogP contribution is -2.09. The molecule has 0 saturated carbocycles. The monoisotopic (exact) mass is 310 g/mol. The molecule has 0 bridgehead atoms. The van der Waals surface area contributed by atoms with Crippen LogP contribution in [0.4, 0.5) is 0 Å². The van der Waals surface area contributed by atoms with Crippen molar-refractivity contribution in [3.05, 3.63) is 29.5 Å². The first kappa shape index (κ1) is 14.8. The maximum atomic E-state index is 11.9. The lowest BCUT2D eigenvalue weighted by Gasteiger charge is -2.00. The highest BCUT2D eigenvalue weighted by Gasteiger charge is 2.16. The van der Waals surface area contributed by atoms with Crippen LogP contribution >= 0.6 is 11.3 Å². The summed E-state index contributed by atoms with van der Waals surface area (Å²) in [6.45, 7) is 0. The number of hydrogen-bond acceptors (Lipinski definition) is 6. The molecule has 2 aromatic rings. The van der Waals surface area contributed by atoms with Gasteiger partial charge in [0, 0.05) is 6.42 Å². The van der Waals surface area contributed by atoms with Gasteiger partial charge in [0.1, 0.15) is 6.26 Å². The van der Waals surface area contributed by atoms with E-state index in [0.29, 0.717) is 30.8 Å². The van der Waals surface area contributed by atoms with Crippen molar-refractivity contribution in [1.29, 1.82) is 5.26 Å². The fourth-order valence-corrected chi connectivity index (χ4v) is 3.74. The highest BCUT2D eigenvalue weighted by molar-refractivity contribution is 7.90. The molecule has 0 aromatic carbocycles. The minimum atomic E-state index is -3.20. The number of nitriles is 1. The summed E-state index contributed by atoms with van der Waals surface area (Å²) in [6, 6.07) is 5.76. The van der Waals surface area contributed by atoms with Crippen molar-refractivity contribution in [2.24, 2.45) is 0 Å². The van der Waals surface area contributed by atoms with E-state index >= 15 is 0 Å². The topological polar surface area (TPSA) is 84.0 Å². The van der Waals surface area contributed by atoms with Crippen molar-refractivity contribution in [3.8, 4) is 16.8 Å². The maximum absolute atomic E-state index is 11.9. The molecule has 0 radical (unpaired) electrons. The molecule has 0 aliphatic heterocycles. The van der Waals surface area contributed by atoms with E-state index in [1.165, 1.54) is 17.6 Å². The van der Waals surface area contributed by atoms with Crippen LogP contribution in [-0.2, 0) is 15.6 Å². The lowest BCUT2D eigenvalue weighted by atomic mass is 10.3. The molecule has 0 aliphatic carbocycles. The number of thiophene rings is 1. The van der Waals surface area contributed by atoms with E-state index in [1.54, 1.807) is 0 Å². The minimum Gasteiger partial charge on any atom is -0.444 e. The van der Waals surface area contributed by atoms with Gasteiger partial charge in [0.05, 0.1) is 28.1 Å². The van der Waals surface area contributed by atoms with E-state index in [-0.39, 0.29) is 11.5 Å².